The number of amides is 2. The number of carbonyl (C=O) groups is 3. The molecule has 3 aromatic rings. The van der Waals surface area contributed by atoms with Crippen LogP contribution in [0.5, 0.6) is 5.75 Å². The van der Waals surface area contributed by atoms with Gasteiger partial charge < -0.3 is 15.2 Å². The molecular formula is C21H20ClN3O6. The summed E-state index contributed by atoms with van der Waals surface area (Å²) < 4.78 is 6.76. The van der Waals surface area contributed by atoms with Crippen LogP contribution in [0, 0.1) is 6.92 Å². The quantitative estimate of drug-likeness (QED) is 0.395. The van der Waals surface area contributed by atoms with Gasteiger partial charge in [-0.15, -0.1) is 0 Å². The number of benzene rings is 2. The molecule has 3 N–H and O–H groups in total. The lowest BCUT2D eigenvalue weighted by molar-refractivity contribution is -0.136. The number of aromatic nitrogens is 1. The summed E-state index contributed by atoms with van der Waals surface area (Å²) in [7, 11) is 1.50. The zero-order valence-corrected chi connectivity index (χ0v) is 17.5. The predicted octanol–water partition coefficient (Wildman–Crippen LogP) is 3.29. The van der Waals surface area contributed by atoms with E-state index in [1.165, 1.54) is 11.7 Å². The summed E-state index contributed by atoms with van der Waals surface area (Å²) in [4.78, 5) is 35.9. The normalized spacial score (nSPS) is 10.7. The van der Waals surface area contributed by atoms with Gasteiger partial charge in [-0.1, -0.05) is 11.6 Å². The summed E-state index contributed by atoms with van der Waals surface area (Å²) in [5.74, 6) is -1.02. The summed E-state index contributed by atoms with van der Waals surface area (Å²) in [6.07, 6.45) is 0. The highest BCUT2D eigenvalue weighted by atomic mass is 35.5. The second kappa shape index (κ2) is 9.07. The number of hydrogen-bond acceptors (Lipinski definition) is 5. The summed E-state index contributed by atoms with van der Waals surface area (Å²) >= 11 is 5.92. The van der Waals surface area contributed by atoms with Crippen LogP contribution in [0.4, 0.5) is 4.79 Å². The van der Waals surface area contributed by atoms with Gasteiger partial charge in [0.15, 0.2) is 0 Å². The maximum Gasteiger partial charge on any atom is 0.341 e. The number of hydroxylamine groups is 2. The molecule has 162 valence electrons. The molecule has 0 saturated heterocycles. The van der Waals surface area contributed by atoms with E-state index in [0.29, 0.717) is 43.6 Å². The number of carboxylic acids is 1. The van der Waals surface area contributed by atoms with E-state index in [1.807, 2.05) is 0 Å². The van der Waals surface area contributed by atoms with E-state index < -0.39 is 18.5 Å². The van der Waals surface area contributed by atoms with Gasteiger partial charge in [-0.2, -0.15) is 0 Å². The van der Waals surface area contributed by atoms with Gasteiger partial charge in [0.05, 0.1) is 19.2 Å². The largest absolute Gasteiger partial charge is 0.497 e. The molecule has 0 atom stereocenters. The summed E-state index contributed by atoms with van der Waals surface area (Å²) in [6, 6.07) is 10.6. The molecule has 31 heavy (non-hydrogen) atoms. The Hall–Kier alpha value is -3.56. The number of ether oxygens (including phenoxy) is 1. The molecular weight excluding hydrogens is 426 g/mol. The van der Waals surface area contributed by atoms with Crippen LogP contribution >= 0.6 is 11.6 Å². The van der Waals surface area contributed by atoms with Gasteiger partial charge in [0.1, 0.15) is 12.3 Å². The Labute approximate surface area is 182 Å². The second-order valence-corrected chi connectivity index (χ2v) is 7.14. The molecule has 0 fully saturated rings. The molecule has 3 rings (SSSR count). The van der Waals surface area contributed by atoms with Gasteiger partial charge in [0.25, 0.3) is 5.91 Å². The van der Waals surface area contributed by atoms with Crippen LogP contribution in [0.1, 0.15) is 21.6 Å². The molecule has 1 aromatic heterocycles. The third-order valence-electron chi connectivity index (χ3n) is 4.77. The van der Waals surface area contributed by atoms with Crippen molar-refractivity contribution >= 4 is 40.4 Å². The Morgan fingerprint density at radius 1 is 1.16 bits per heavy atom. The lowest BCUT2D eigenvalue weighted by Crippen LogP contribution is -2.39. The maximum absolute atomic E-state index is 13.2. The topological polar surface area (TPSA) is 121 Å². The van der Waals surface area contributed by atoms with Crippen LogP contribution < -0.4 is 10.1 Å². The fourth-order valence-electron chi connectivity index (χ4n) is 3.24. The Kier molecular flexibility index (Phi) is 6.47. The highest BCUT2D eigenvalue weighted by molar-refractivity contribution is 6.30. The zero-order chi connectivity index (χ0) is 22.7. The van der Waals surface area contributed by atoms with E-state index in [4.69, 9.17) is 21.4 Å². The Bertz CT molecular complexity index is 1160. The molecule has 0 saturated carbocycles. The van der Waals surface area contributed by atoms with E-state index in [2.05, 4.69) is 5.32 Å². The summed E-state index contributed by atoms with van der Waals surface area (Å²) in [5, 5.41) is 22.4. The molecule has 0 bridgehead atoms. The van der Waals surface area contributed by atoms with Crippen LogP contribution in [0.15, 0.2) is 42.5 Å². The molecule has 1 heterocycles. The first-order chi connectivity index (χ1) is 14.7. The molecule has 0 aliphatic rings. The third-order valence-corrected chi connectivity index (χ3v) is 5.02. The number of hydrogen-bond donors (Lipinski definition) is 3. The first kappa shape index (κ1) is 22.1. The fourth-order valence-corrected chi connectivity index (χ4v) is 3.36. The van der Waals surface area contributed by atoms with Crippen LogP contribution in [0.3, 0.4) is 0 Å². The first-order valence-electron chi connectivity index (χ1n) is 9.17. The molecule has 0 aliphatic heterocycles. The minimum absolute atomic E-state index is 0.276. The molecule has 0 aliphatic carbocycles. The van der Waals surface area contributed by atoms with Gasteiger partial charge >= 0.3 is 12.0 Å². The SMILES string of the molecule is COc1ccc2c(c1)c(CN(O)C(=O)NCC(=O)O)c(C)n2C(=O)c1ccc(Cl)cc1. The van der Waals surface area contributed by atoms with E-state index in [0.717, 1.165) is 0 Å². The number of carbonyl (C=O) groups excluding carboxylic acids is 2. The van der Waals surface area contributed by atoms with Crippen molar-refractivity contribution in [2.24, 2.45) is 0 Å². The monoisotopic (exact) mass is 445 g/mol. The minimum atomic E-state index is -1.24. The lowest BCUT2D eigenvalue weighted by Gasteiger charge is -2.15. The number of urea groups is 1. The smallest absolute Gasteiger partial charge is 0.341 e. The average Bonchev–Trinajstić information content (AvgIpc) is 3.02. The standard InChI is InChI=1S/C21H20ClN3O6/c1-12-17(11-24(30)21(29)23-10-19(26)27)16-9-15(31-2)7-8-18(16)25(12)20(28)13-3-5-14(22)6-4-13/h3-9,30H,10-11H2,1-2H3,(H,23,29)(H,26,27). The van der Waals surface area contributed by atoms with E-state index in [9.17, 15) is 19.6 Å². The van der Waals surface area contributed by atoms with Crippen LogP contribution in [-0.4, -0.2) is 51.5 Å². The Morgan fingerprint density at radius 2 is 1.84 bits per heavy atom. The molecule has 10 heteroatoms. The highest BCUT2D eigenvalue weighted by Gasteiger charge is 2.23. The van der Waals surface area contributed by atoms with Crippen molar-refractivity contribution < 1.29 is 29.4 Å². The van der Waals surface area contributed by atoms with Gasteiger partial charge in [-0.25, -0.2) is 9.86 Å². The zero-order valence-electron chi connectivity index (χ0n) is 16.8. The number of nitrogens with one attached hydrogen (secondary N) is 1. The van der Waals surface area contributed by atoms with Crippen molar-refractivity contribution in [3.63, 3.8) is 0 Å². The number of rotatable bonds is 6. The van der Waals surface area contributed by atoms with Crippen LogP contribution in [0.25, 0.3) is 10.9 Å². The van der Waals surface area contributed by atoms with Gasteiger partial charge in [-0.3, -0.25) is 19.4 Å². The first-order valence-corrected chi connectivity index (χ1v) is 9.55. The number of halogens is 1. The van der Waals surface area contributed by atoms with Gasteiger partial charge in [0, 0.05) is 27.2 Å². The summed E-state index contributed by atoms with van der Waals surface area (Å²) in [6.45, 7) is 0.778. The maximum atomic E-state index is 13.2. The lowest BCUT2D eigenvalue weighted by atomic mass is 10.1. The molecule has 0 spiro atoms. The summed E-state index contributed by atoms with van der Waals surface area (Å²) in [5.41, 5.74) is 1.98. The Balaban J connectivity index is 2.05. The average molecular weight is 446 g/mol. The third kappa shape index (κ3) is 4.62. The molecule has 2 amide bonds. The van der Waals surface area contributed by atoms with Crippen LogP contribution in [0.2, 0.25) is 5.02 Å². The number of methoxy groups -OCH3 is 1. The van der Waals surface area contributed by atoms with E-state index in [1.54, 1.807) is 49.4 Å². The minimum Gasteiger partial charge on any atom is -0.497 e. The number of carboxylic acid groups (broad SMARTS) is 1. The van der Waals surface area contributed by atoms with Crippen molar-refractivity contribution in [3.8, 4) is 5.75 Å². The van der Waals surface area contributed by atoms with E-state index >= 15 is 0 Å². The molecule has 2 aromatic carbocycles. The van der Waals surface area contributed by atoms with Gasteiger partial charge in [0.2, 0.25) is 0 Å². The molecule has 0 radical (unpaired) electrons. The number of fused-ring (bicyclic) bond motifs is 1. The van der Waals surface area contributed by atoms with Crippen molar-refractivity contribution in [3.05, 3.63) is 64.3 Å². The van der Waals surface area contributed by atoms with Crippen molar-refractivity contribution in [2.75, 3.05) is 13.7 Å². The highest BCUT2D eigenvalue weighted by Crippen LogP contribution is 2.31. The van der Waals surface area contributed by atoms with Crippen molar-refractivity contribution in [1.82, 2.24) is 14.9 Å². The fraction of sp³-hybridized carbons (Fsp3) is 0.190. The van der Waals surface area contributed by atoms with Gasteiger partial charge in [-0.05, 0) is 49.4 Å². The second-order valence-electron chi connectivity index (χ2n) is 6.70. The predicted molar refractivity (Wildman–Crippen MR) is 113 cm³/mol. The van der Waals surface area contributed by atoms with E-state index in [-0.39, 0.29) is 12.5 Å². The number of aliphatic carboxylic acids is 1. The molecule has 0 unspecified atom stereocenters. The number of nitrogens with zero attached hydrogens (tertiary/aromatic N) is 2. The van der Waals surface area contributed by atoms with Crippen LogP contribution in [-0.2, 0) is 11.3 Å². The molecule has 9 nitrogen and oxygen atoms in total. The van der Waals surface area contributed by atoms with Crippen molar-refractivity contribution in [1.29, 1.82) is 0 Å². The Morgan fingerprint density at radius 3 is 2.45 bits per heavy atom. The van der Waals surface area contributed by atoms with Crippen molar-refractivity contribution in [2.45, 2.75) is 13.5 Å².